The Bertz CT molecular complexity index is 459. The molecule has 0 bridgehead atoms. The van der Waals surface area contributed by atoms with E-state index in [2.05, 4.69) is 5.32 Å². The second kappa shape index (κ2) is 6.71. The molecular formula is C13H18N2O4S. The van der Waals surface area contributed by atoms with Crippen LogP contribution >= 0.6 is 11.3 Å². The first-order chi connectivity index (χ1) is 9.63. The van der Waals surface area contributed by atoms with E-state index in [0.29, 0.717) is 18.0 Å². The number of carbonyl (C=O) groups excluding carboxylic acids is 1. The van der Waals surface area contributed by atoms with E-state index in [4.69, 9.17) is 4.74 Å². The van der Waals surface area contributed by atoms with Crippen LogP contribution in [0.1, 0.15) is 23.8 Å². The number of carboxylic acid groups (broad SMARTS) is 1. The number of hydrogen-bond acceptors (Lipinski definition) is 4. The van der Waals surface area contributed by atoms with Crippen LogP contribution in [-0.2, 0) is 9.53 Å². The number of nitrogens with one attached hydrogen (secondary N) is 1. The van der Waals surface area contributed by atoms with Gasteiger partial charge in [-0.1, -0.05) is 6.07 Å². The minimum Gasteiger partial charge on any atom is -0.479 e. The fraction of sp³-hybridized carbons (Fsp3) is 0.538. The van der Waals surface area contributed by atoms with Gasteiger partial charge < -0.3 is 20.1 Å². The highest BCUT2D eigenvalue weighted by molar-refractivity contribution is 7.10. The lowest BCUT2D eigenvalue weighted by Gasteiger charge is -2.24. The lowest BCUT2D eigenvalue weighted by atomic mass is 10.2. The first-order valence-corrected chi connectivity index (χ1v) is 7.33. The van der Waals surface area contributed by atoms with Crippen molar-refractivity contribution in [3.8, 4) is 0 Å². The fourth-order valence-corrected chi connectivity index (χ4v) is 2.71. The number of nitrogens with zero attached hydrogens (tertiary/aromatic N) is 1. The molecule has 0 aliphatic heterocycles. The number of carbonyl (C=O) groups is 2. The predicted molar refractivity (Wildman–Crippen MR) is 74.8 cm³/mol. The molecule has 1 aliphatic carbocycles. The van der Waals surface area contributed by atoms with Crippen LogP contribution in [0.4, 0.5) is 4.79 Å². The SMILES string of the molecule is COCCN(C(=O)NC(C(=O)O)c1cccs1)C1CC1. The second-order valence-electron chi connectivity index (χ2n) is 4.65. The average molecular weight is 298 g/mol. The predicted octanol–water partition coefficient (Wildman–Crippen LogP) is 1.69. The quantitative estimate of drug-likeness (QED) is 0.803. The monoisotopic (exact) mass is 298 g/mol. The summed E-state index contributed by atoms with van der Waals surface area (Å²) in [6, 6.07) is 2.35. The Morgan fingerprint density at radius 3 is 2.85 bits per heavy atom. The van der Waals surface area contributed by atoms with Gasteiger partial charge in [0, 0.05) is 24.6 Å². The van der Waals surface area contributed by atoms with Crippen LogP contribution in [0.25, 0.3) is 0 Å². The molecule has 0 aromatic carbocycles. The molecule has 0 radical (unpaired) electrons. The van der Waals surface area contributed by atoms with Crippen molar-refractivity contribution >= 4 is 23.3 Å². The zero-order valence-electron chi connectivity index (χ0n) is 11.2. The van der Waals surface area contributed by atoms with Crippen molar-refractivity contribution in [2.75, 3.05) is 20.3 Å². The van der Waals surface area contributed by atoms with Crippen molar-refractivity contribution in [3.63, 3.8) is 0 Å². The van der Waals surface area contributed by atoms with E-state index in [-0.39, 0.29) is 12.1 Å². The standard InChI is InChI=1S/C13H18N2O4S/c1-19-7-6-15(9-4-5-9)13(18)14-11(12(16)17)10-3-2-8-20-10/h2-3,8-9,11H,4-7H2,1H3,(H,14,18)(H,16,17). The summed E-state index contributed by atoms with van der Waals surface area (Å²) in [5.41, 5.74) is 0. The number of rotatable bonds is 7. The third-order valence-electron chi connectivity index (χ3n) is 3.13. The Kier molecular flexibility index (Phi) is 4.97. The summed E-state index contributed by atoms with van der Waals surface area (Å²) in [6.07, 6.45) is 1.93. The largest absolute Gasteiger partial charge is 0.479 e. The molecule has 0 saturated heterocycles. The van der Waals surface area contributed by atoms with Gasteiger partial charge in [0.05, 0.1) is 6.61 Å². The molecular weight excluding hydrogens is 280 g/mol. The molecule has 1 aromatic heterocycles. The Hall–Kier alpha value is -1.60. The number of thiophene rings is 1. The number of amides is 2. The number of hydrogen-bond donors (Lipinski definition) is 2. The molecule has 1 aromatic rings. The summed E-state index contributed by atoms with van der Waals surface area (Å²) in [4.78, 5) is 25.8. The lowest BCUT2D eigenvalue weighted by Crippen LogP contribution is -2.45. The van der Waals surface area contributed by atoms with Crippen molar-refractivity contribution in [2.45, 2.75) is 24.9 Å². The average Bonchev–Trinajstić information content (AvgIpc) is 3.11. The molecule has 2 amide bonds. The van der Waals surface area contributed by atoms with Gasteiger partial charge in [-0.2, -0.15) is 0 Å². The third-order valence-corrected chi connectivity index (χ3v) is 4.06. The van der Waals surface area contributed by atoms with Crippen LogP contribution in [0, 0.1) is 0 Å². The van der Waals surface area contributed by atoms with Gasteiger partial charge in [-0.3, -0.25) is 0 Å². The van der Waals surface area contributed by atoms with Crippen LogP contribution in [0.15, 0.2) is 17.5 Å². The van der Waals surface area contributed by atoms with E-state index in [9.17, 15) is 14.7 Å². The maximum absolute atomic E-state index is 12.2. The highest BCUT2D eigenvalue weighted by Gasteiger charge is 2.34. The summed E-state index contributed by atoms with van der Waals surface area (Å²) in [7, 11) is 1.58. The van der Waals surface area contributed by atoms with Gasteiger partial charge >= 0.3 is 12.0 Å². The maximum Gasteiger partial charge on any atom is 0.331 e. The maximum atomic E-state index is 12.2. The van der Waals surface area contributed by atoms with E-state index in [1.54, 1.807) is 29.5 Å². The van der Waals surface area contributed by atoms with Gasteiger partial charge in [0.15, 0.2) is 6.04 Å². The highest BCUT2D eigenvalue weighted by atomic mass is 32.1. The van der Waals surface area contributed by atoms with Crippen molar-refractivity contribution in [2.24, 2.45) is 0 Å². The van der Waals surface area contributed by atoms with Crippen molar-refractivity contribution in [1.82, 2.24) is 10.2 Å². The van der Waals surface area contributed by atoms with E-state index >= 15 is 0 Å². The third kappa shape index (κ3) is 3.71. The molecule has 110 valence electrons. The highest BCUT2D eigenvalue weighted by Crippen LogP contribution is 2.27. The summed E-state index contributed by atoms with van der Waals surface area (Å²) in [5, 5.41) is 13.6. The number of urea groups is 1. The number of ether oxygens (including phenoxy) is 1. The van der Waals surface area contributed by atoms with Gasteiger partial charge in [-0.25, -0.2) is 9.59 Å². The summed E-state index contributed by atoms with van der Waals surface area (Å²) < 4.78 is 4.99. The van der Waals surface area contributed by atoms with Crippen molar-refractivity contribution < 1.29 is 19.4 Å². The van der Waals surface area contributed by atoms with Crippen LogP contribution in [0.3, 0.4) is 0 Å². The topological polar surface area (TPSA) is 78.9 Å². The molecule has 0 spiro atoms. The Morgan fingerprint density at radius 2 is 2.35 bits per heavy atom. The molecule has 2 N–H and O–H groups in total. The lowest BCUT2D eigenvalue weighted by molar-refractivity contribution is -0.139. The van der Waals surface area contributed by atoms with E-state index in [1.165, 1.54) is 11.3 Å². The molecule has 1 aliphatic rings. The van der Waals surface area contributed by atoms with Crippen LogP contribution in [-0.4, -0.2) is 48.3 Å². The normalized spacial score (nSPS) is 15.7. The van der Waals surface area contributed by atoms with Crippen LogP contribution in [0.2, 0.25) is 0 Å². The van der Waals surface area contributed by atoms with Gasteiger partial charge in [-0.05, 0) is 24.3 Å². The Labute approximate surface area is 121 Å². The minimum absolute atomic E-state index is 0.211. The first kappa shape index (κ1) is 14.8. The molecule has 1 atom stereocenters. The summed E-state index contributed by atoms with van der Waals surface area (Å²) >= 11 is 1.32. The molecule has 1 heterocycles. The molecule has 1 fully saturated rings. The fourth-order valence-electron chi connectivity index (χ4n) is 1.94. The first-order valence-electron chi connectivity index (χ1n) is 6.45. The molecule has 20 heavy (non-hydrogen) atoms. The Morgan fingerprint density at radius 1 is 1.60 bits per heavy atom. The minimum atomic E-state index is -1.05. The zero-order valence-corrected chi connectivity index (χ0v) is 12.1. The van der Waals surface area contributed by atoms with Crippen molar-refractivity contribution in [1.29, 1.82) is 0 Å². The van der Waals surface area contributed by atoms with Gasteiger partial charge in [0.1, 0.15) is 0 Å². The van der Waals surface area contributed by atoms with Gasteiger partial charge in [0.2, 0.25) is 0 Å². The Balaban J connectivity index is 2.01. The van der Waals surface area contributed by atoms with E-state index in [0.717, 1.165) is 12.8 Å². The number of carboxylic acids is 1. The molecule has 1 saturated carbocycles. The molecule has 6 nitrogen and oxygen atoms in total. The van der Waals surface area contributed by atoms with Gasteiger partial charge in [0.25, 0.3) is 0 Å². The van der Waals surface area contributed by atoms with E-state index < -0.39 is 12.0 Å². The number of methoxy groups -OCH3 is 1. The summed E-state index contributed by atoms with van der Waals surface area (Å²) in [5.74, 6) is -1.05. The second-order valence-corrected chi connectivity index (χ2v) is 5.63. The van der Waals surface area contributed by atoms with Gasteiger partial charge in [-0.15, -0.1) is 11.3 Å². The smallest absolute Gasteiger partial charge is 0.331 e. The molecule has 7 heteroatoms. The summed E-state index contributed by atoms with van der Waals surface area (Å²) in [6.45, 7) is 0.921. The molecule has 1 unspecified atom stereocenters. The van der Waals surface area contributed by atoms with E-state index in [1.807, 2.05) is 0 Å². The number of aliphatic carboxylic acids is 1. The zero-order chi connectivity index (χ0) is 14.5. The van der Waals surface area contributed by atoms with Crippen LogP contribution in [0.5, 0.6) is 0 Å². The molecule has 2 rings (SSSR count). The van der Waals surface area contributed by atoms with Crippen LogP contribution < -0.4 is 5.32 Å². The van der Waals surface area contributed by atoms with Crippen molar-refractivity contribution in [3.05, 3.63) is 22.4 Å².